The Morgan fingerprint density at radius 1 is 1.08 bits per heavy atom. The summed E-state index contributed by atoms with van der Waals surface area (Å²) in [6.07, 6.45) is 1.67. The molecule has 4 aromatic rings. The average Bonchev–Trinajstić information content (AvgIpc) is 3.42. The number of aryl methyl sites for hydroxylation is 1. The fourth-order valence-electron chi connectivity index (χ4n) is 4.68. The van der Waals surface area contributed by atoms with E-state index in [-0.39, 0.29) is 11.3 Å². The van der Waals surface area contributed by atoms with E-state index in [0.717, 1.165) is 48.4 Å². The van der Waals surface area contributed by atoms with Crippen molar-refractivity contribution in [1.82, 2.24) is 19.9 Å². The quantitative estimate of drug-likeness (QED) is 0.274. The number of halogens is 3. The summed E-state index contributed by atoms with van der Waals surface area (Å²) in [6, 6.07) is 10.7. The Labute approximate surface area is 223 Å². The number of ether oxygens (including phenoxy) is 1. The molecule has 3 aromatic heterocycles. The molecule has 39 heavy (non-hydrogen) atoms. The normalized spacial score (nSPS) is 14.4. The van der Waals surface area contributed by atoms with Gasteiger partial charge in [-0.05, 0) is 73.0 Å². The molecule has 204 valence electrons. The molecule has 0 aliphatic carbocycles. The van der Waals surface area contributed by atoms with Gasteiger partial charge in [0.15, 0.2) is 0 Å². The van der Waals surface area contributed by atoms with Crippen molar-refractivity contribution in [2.75, 3.05) is 43.5 Å². The molecule has 1 saturated heterocycles. The number of aromatic amines is 1. The van der Waals surface area contributed by atoms with Crippen molar-refractivity contribution in [3.8, 4) is 0 Å². The molecule has 0 bridgehead atoms. The maximum absolute atomic E-state index is 13.7. The van der Waals surface area contributed by atoms with E-state index in [2.05, 4.69) is 30.5 Å². The number of anilines is 2. The number of morpholine rings is 1. The SMILES string of the molecule is O=C(Nc1cc(CCCN2CCOCC2)cc(C(F)(F)F)c1)c1cccnc1NCc1ccnc2[nH]ccc12. The number of aromatic nitrogens is 3. The van der Waals surface area contributed by atoms with E-state index in [1.54, 1.807) is 36.8 Å². The lowest BCUT2D eigenvalue weighted by Gasteiger charge is -2.26. The number of fused-ring (bicyclic) bond motifs is 1. The van der Waals surface area contributed by atoms with Crippen LogP contribution in [0.2, 0.25) is 0 Å². The first kappa shape index (κ1) is 26.6. The minimum absolute atomic E-state index is 0.0918. The van der Waals surface area contributed by atoms with Crippen LogP contribution in [0.25, 0.3) is 11.0 Å². The molecule has 1 aliphatic heterocycles. The Hall–Kier alpha value is -3.96. The highest BCUT2D eigenvalue weighted by Gasteiger charge is 2.31. The summed E-state index contributed by atoms with van der Waals surface area (Å²) in [6.45, 7) is 4.14. The molecule has 1 fully saturated rings. The fraction of sp³-hybridized carbons (Fsp3) is 0.321. The monoisotopic (exact) mass is 538 g/mol. The minimum atomic E-state index is -4.53. The van der Waals surface area contributed by atoms with E-state index in [9.17, 15) is 18.0 Å². The van der Waals surface area contributed by atoms with Crippen LogP contribution < -0.4 is 10.6 Å². The summed E-state index contributed by atoms with van der Waals surface area (Å²) in [7, 11) is 0. The average molecular weight is 539 g/mol. The van der Waals surface area contributed by atoms with Crippen molar-refractivity contribution in [1.29, 1.82) is 0 Å². The third-order valence-corrected chi connectivity index (χ3v) is 6.67. The second kappa shape index (κ2) is 11.8. The van der Waals surface area contributed by atoms with Gasteiger partial charge in [-0.3, -0.25) is 9.69 Å². The number of nitrogens with one attached hydrogen (secondary N) is 3. The zero-order valence-electron chi connectivity index (χ0n) is 21.2. The van der Waals surface area contributed by atoms with E-state index >= 15 is 0 Å². The van der Waals surface area contributed by atoms with E-state index in [0.29, 0.717) is 44.0 Å². The maximum Gasteiger partial charge on any atom is 0.416 e. The van der Waals surface area contributed by atoms with Crippen molar-refractivity contribution in [2.45, 2.75) is 25.6 Å². The van der Waals surface area contributed by atoms with Crippen LogP contribution in [0.5, 0.6) is 0 Å². The number of carbonyl (C=O) groups excluding carboxylic acids is 1. The largest absolute Gasteiger partial charge is 0.416 e. The zero-order chi connectivity index (χ0) is 27.2. The Morgan fingerprint density at radius 2 is 1.92 bits per heavy atom. The third-order valence-electron chi connectivity index (χ3n) is 6.67. The van der Waals surface area contributed by atoms with Gasteiger partial charge in [0.25, 0.3) is 5.91 Å². The number of nitrogens with zero attached hydrogens (tertiary/aromatic N) is 3. The summed E-state index contributed by atoms with van der Waals surface area (Å²) < 4.78 is 46.4. The number of pyridine rings is 2. The molecule has 0 unspecified atom stereocenters. The molecule has 3 N–H and O–H groups in total. The molecular formula is C28H29F3N6O2. The number of benzene rings is 1. The molecule has 8 nitrogen and oxygen atoms in total. The number of carbonyl (C=O) groups is 1. The van der Waals surface area contributed by atoms with E-state index in [4.69, 9.17) is 4.74 Å². The number of amides is 1. The number of rotatable bonds is 9. The number of hydrogen-bond acceptors (Lipinski definition) is 6. The molecule has 1 aromatic carbocycles. The Morgan fingerprint density at radius 3 is 2.74 bits per heavy atom. The van der Waals surface area contributed by atoms with Crippen molar-refractivity contribution >= 4 is 28.4 Å². The molecule has 4 heterocycles. The van der Waals surface area contributed by atoms with Gasteiger partial charge < -0.3 is 20.4 Å². The van der Waals surface area contributed by atoms with Gasteiger partial charge in [-0.25, -0.2) is 9.97 Å². The molecule has 11 heteroatoms. The Kier molecular flexibility index (Phi) is 8.08. The smallest absolute Gasteiger partial charge is 0.379 e. The molecular weight excluding hydrogens is 509 g/mol. The number of alkyl halides is 3. The molecule has 5 rings (SSSR count). The zero-order valence-corrected chi connectivity index (χ0v) is 21.2. The lowest BCUT2D eigenvalue weighted by atomic mass is 10.0. The lowest BCUT2D eigenvalue weighted by molar-refractivity contribution is -0.137. The summed E-state index contributed by atoms with van der Waals surface area (Å²) in [4.78, 5) is 27.1. The second-order valence-electron chi connectivity index (χ2n) is 9.39. The lowest BCUT2D eigenvalue weighted by Crippen LogP contribution is -2.36. The second-order valence-corrected chi connectivity index (χ2v) is 9.39. The number of H-pyrrole nitrogens is 1. The van der Waals surface area contributed by atoms with Crippen LogP contribution in [0.3, 0.4) is 0 Å². The van der Waals surface area contributed by atoms with Crippen LogP contribution in [0.4, 0.5) is 24.7 Å². The van der Waals surface area contributed by atoms with E-state index < -0.39 is 17.6 Å². The highest BCUT2D eigenvalue weighted by Crippen LogP contribution is 2.32. The Bertz CT molecular complexity index is 1430. The maximum atomic E-state index is 13.7. The predicted octanol–water partition coefficient (Wildman–Crippen LogP) is 5.11. The van der Waals surface area contributed by atoms with Gasteiger partial charge in [0.1, 0.15) is 11.5 Å². The van der Waals surface area contributed by atoms with Crippen molar-refractivity contribution in [3.05, 3.63) is 83.3 Å². The molecule has 1 amide bonds. The minimum Gasteiger partial charge on any atom is -0.379 e. The van der Waals surface area contributed by atoms with Crippen LogP contribution in [-0.2, 0) is 23.9 Å². The predicted molar refractivity (Wildman–Crippen MR) is 143 cm³/mol. The fourth-order valence-corrected chi connectivity index (χ4v) is 4.68. The van der Waals surface area contributed by atoms with Gasteiger partial charge in [0.2, 0.25) is 0 Å². The van der Waals surface area contributed by atoms with E-state index in [1.165, 1.54) is 0 Å². The van der Waals surface area contributed by atoms with Gasteiger partial charge in [0.05, 0.1) is 24.3 Å². The molecule has 0 saturated carbocycles. The van der Waals surface area contributed by atoms with Crippen molar-refractivity contribution < 1.29 is 22.7 Å². The highest BCUT2D eigenvalue weighted by atomic mass is 19.4. The first-order chi connectivity index (χ1) is 18.9. The summed E-state index contributed by atoms with van der Waals surface area (Å²) in [5.41, 5.74) is 1.75. The molecule has 0 spiro atoms. The van der Waals surface area contributed by atoms with Crippen molar-refractivity contribution in [3.63, 3.8) is 0 Å². The number of hydrogen-bond donors (Lipinski definition) is 3. The first-order valence-electron chi connectivity index (χ1n) is 12.8. The van der Waals surface area contributed by atoms with Gasteiger partial charge >= 0.3 is 6.18 Å². The summed E-state index contributed by atoms with van der Waals surface area (Å²) in [5, 5.41) is 6.77. The van der Waals surface area contributed by atoms with Crippen LogP contribution in [-0.4, -0.2) is 58.6 Å². The van der Waals surface area contributed by atoms with Crippen molar-refractivity contribution in [2.24, 2.45) is 0 Å². The standard InChI is InChI=1S/C28H29F3N6O2/c29-28(30,31)21-15-19(3-2-10-37-11-13-39-14-12-37)16-22(17-21)36-27(38)24-4-1-7-32-26(24)35-18-20-5-8-33-25-23(20)6-9-34-25/h1,4-9,15-17H,2-3,10-14,18H2,(H,32,35)(H,33,34)(H,36,38). The van der Waals surface area contributed by atoms with Gasteiger partial charge in [-0.2, -0.15) is 13.2 Å². The summed E-state index contributed by atoms with van der Waals surface area (Å²) >= 11 is 0. The van der Waals surface area contributed by atoms with Gasteiger partial charge in [0, 0.05) is 49.3 Å². The molecule has 0 radical (unpaired) electrons. The first-order valence-corrected chi connectivity index (χ1v) is 12.8. The molecule has 0 atom stereocenters. The van der Waals surface area contributed by atoms with Crippen LogP contribution in [0.15, 0.2) is 61.1 Å². The third kappa shape index (κ3) is 6.73. The van der Waals surface area contributed by atoms with Crippen LogP contribution in [0.1, 0.15) is 33.5 Å². The highest BCUT2D eigenvalue weighted by molar-refractivity contribution is 6.07. The topological polar surface area (TPSA) is 95.2 Å². The van der Waals surface area contributed by atoms with E-state index in [1.807, 2.05) is 12.1 Å². The molecule has 1 aliphatic rings. The van der Waals surface area contributed by atoms with Crippen LogP contribution in [0, 0.1) is 0 Å². The Balaban J connectivity index is 1.30. The van der Waals surface area contributed by atoms with Gasteiger partial charge in [-0.15, -0.1) is 0 Å². The van der Waals surface area contributed by atoms with Gasteiger partial charge in [-0.1, -0.05) is 0 Å². The van der Waals surface area contributed by atoms with Crippen LogP contribution >= 0.6 is 0 Å². The summed E-state index contributed by atoms with van der Waals surface area (Å²) in [5.74, 6) is -0.223.